The standard InChI is InChI=1S/C20H22N2/c1-2-3-5-14-19-17-12-8-9-13-18(17)20(22-21-19)15-16-10-6-4-7-11-16/h4,6-13H,2-3,5,14-15H2,1H3. The van der Waals surface area contributed by atoms with E-state index in [0.717, 1.165) is 24.2 Å². The molecule has 0 spiro atoms. The molecule has 0 amide bonds. The summed E-state index contributed by atoms with van der Waals surface area (Å²) in [4.78, 5) is 0. The minimum absolute atomic E-state index is 0.837. The molecule has 1 heterocycles. The molecule has 0 N–H and O–H groups in total. The molecule has 0 saturated carbocycles. The Morgan fingerprint density at radius 3 is 2.09 bits per heavy atom. The van der Waals surface area contributed by atoms with Crippen molar-refractivity contribution in [1.82, 2.24) is 10.2 Å². The van der Waals surface area contributed by atoms with Crippen LogP contribution < -0.4 is 0 Å². The lowest BCUT2D eigenvalue weighted by Crippen LogP contribution is -2.01. The van der Waals surface area contributed by atoms with E-state index in [-0.39, 0.29) is 0 Å². The molecule has 0 radical (unpaired) electrons. The third-order valence-corrected chi connectivity index (χ3v) is 4.07. The number of benzene rings is 2. The second-order valence-electron chi connectivity index (χ2n) is 5.76. The number of aromatic nitrogens is 2. The first-order valence-electron chi connectivity index (χ1n) is 8.15. The van der Waals surface area contributed by atoms with Crippen LogP contribution in [0.4, 0.5) is 0 Å². The van der Waals surface area contributed by atoms with Crippen molar-refractivity contribution in [2.24, 2.45) is 0 Å². The molecule has 0 aliphatic carbocycles. The Hall–Kier alpha value is -2.22. The van der Waals surface area contributed by atoms with Crippen molar-refractivity contribution in [1.29, 1.82) is 0 Å². The van der Waals surface area contributed by atoms with E-state index in [1.54, 1.807) is 0 Å². The van der Waals surface area contributed by atoms with Crippen LogP contribution in [-0.4, -0.2) is 10.2 Å². The molecule has 0 aliphatic heterocycles. The highest BCUT2D eigenvalue weighted by Crippen LogP contribution is 2.22. The zero-order valence-corrected chi connectivity index (χ0v) is 13.1. The Morgan fingerprint density at radius 1 is 0.727 bits per heavy atom. The van der Waals surface area contributed by atoms with Crippen LogP contribution >= 0.6 is 0 Å². The van der Waals surface area contributed by atoms with E-state index in [1.165, 1.54) is 35.6 Å². The number of nitrogens with zero attached hydrogens (tertiary/aromatic N) is 2. The normalized spacial score (nSPS) is 11.0. The predicted octanol–water partition coefficient (Wildman–Crippen LogP) is 4.95. The Labute approximate surface area is 132 Å². The third kappa shape index (κ3) is 3.33. The summed E-state index contributed by atoms with van der Waals surface area (Å²) in [6, 6.07) is 19.0. The molecular formula is C20H22N2. The second-order valence-corrected chi connectivity index (χ2v) is 5.76. The number of hydrogen-bond donors (Lipinski definition) is 0. The largest absolute Gasteiger partial charge is 0.155 e. The molecule has 0 saturated heterocycles. The number of rotatable bonds is 6. The van der Waals surface area contributed by atoms with Crippen LogP contribution in [-0.2, 0) is 12.8 Å². The average molecular weight is 290 g/mol. The van der Waals surface area contributed by atoms with Crippen molar-refractivity contribution >= 4 is 10.8 Å². The van der Waals surface area contributed by atoms with Gasteiger partial charge in [-0.15, -0.1) is 0 Å². The highest BCUT2D eigenvalue weighted by atomic mass is 15.1. The minimum atomic E-state index is 0.837. The van der Waals surface area contributed by atoms with Crippen molar-refractivity contribution in [2.75, 3.05) is 0 Å². The number of aryl methyl sites for hydroxylation is 1. The molecular weight excluding hydrogens is 268 g/mol. The first-order chi connectivity index (χ1) is 10.9. The van der Waals surface area contributed by atoms with Gasteiger partial charge in [-0.1, -0.05) is 74.4 Å². The van der Waals surface area contributed by atoms with Gasteiger partial charge in [-0.2, -0.15) is 10.2 Å². The van der Waals surface area contributed by atoms with E-state index >= 15 is 0 Å². The summed E-state index contributed by atoms with van der Waals surface area (Å²) in [7, 11) is 0. The van der Waals surface area contributed by atoms with Gasteiger partial charge >= 0.3 is 0 Å². The van der Waals surface area contributed by atoms with Gasteiger partial charge in [0.1, 0.15) is 0 Å². The Morgan fingerprint density at radius 2 is 1.36 bits per heavy atom. The fraction of sp³-hybridized carbons (Fsp3) is 0.300. The molecule has 0 fully saturated rings. The molecule has 2 heteroatoms. The van der Waals surface area contributed by atoms with Gasteiger partial charge in [-0.05, 0) is 18.4 Å². The van der Waals surface area contributed by atoms with Gasteiger partial charge in [0.05, 0.1) is 11.4 Å². The van der Waals surface area contributed by atoms with Crippen LogP contribution in [0.3, 0.4) is 0 Å². The molecule has 2 aromatic carbocycles. The lowest BCUT2D eigenvalue weighted by Gasteiger charge is -2.09. The van der Waals surface area contributed by atoms with Crippen LogP contribution in [0.2, 0.25) is 0 Å². The van der Waals surface area contributed by atoms with Crippen LogP contribution in [0.5, 0.6) is 0 Å². The minimum Gasteiger partial charge on any atom is -0.155 e. The molecule has 1 aromatic heterocycles. The van der Waals surface area contributed by atoms with E-state index in [2.05, 4.69) is 65.7 Å². The highest BCUT2D eigenvalue weighted by molar-refractivity contribution is 5.86. The Balaban J connectivity index is 1.94. The number of unbranched alkanes of at least 4 members (excludes halogenated alkanes) is 2. The average Bonchev–Trinajstić information content (AvgIpc) is 2.58. The van der Waals surface area contributed by atoms with E-state index < -0.39 is 0 Å². The van der Waals surface area contributed by atoms with Gasteiger partial charge in [0.2, 0.25) is 0 Å². The fourth-order valence-electron chi connectivity index (χ4n) is 2.86. The lowest BCUT2D eigenvalue weighted by molar-refractivity contribution is 0.701. The number of fused-ring (bicyclic) bond motifs is 1. The molecule has 22 heavy (non-hydrogen) atoms. The molecule has 0 bridgehead atoms. The van der Waals surface area contributed by atoms with Crippen LogP contribution in [0.15, 0.2) is 54.6 Å². The summed E-state index contributed by atoms with van der Waals surface area (Å²) in [5.41, 5.74) is 3.49. The van der Waals surface area contributed by atoms with E-state index in [1.807, 2.05) is 6.07 Å². The quantitative estimate of drug-likeness (QED) is 0.600. The maximum Gasteiger partial charge on any atom is 0.0753 e. The zero-order valence-electron chi connectivity index (χ0n) is 13.1. The highest BCUT2D eigenvalue weighted by Gasteiger charge is 2.09. The molecule has 3 aromatic rings. The first-order valence-corrected chi connectivity index (χ1v) is 8.15. The molecule has 3 rings (SSSR count). The molecule has 0 atom stereocenters. The van der Waals surface area contributed by atoms with Gasteiger partial charge in [0.15, 0.2) is 0 Å². The van der Waals surface area contributed by atoms with Gasteiger partial charge in [0, 0.05) is 17.2 Å². The summed E-state index contributed by atoms with van der Waals surface area (Å²) in [5, 5.41) is 11.6. The van der Waals surface area contributed by atoms with Crippen molar-refractivity contribution < 1.29 is 0 Å². The second kappa shape index (κ2) is 7.17. The third-order valence-electron chi connectivity index (χ3n) is 4.07. The summed E-state index contributed by atoms with van der Waals surface area (Å²) in [6.07, 6.45) is 5.53. The fourth-order valence-corrected chi connectivity index (χ4v) is 2.86. The van der Waals surface area contributed by atoms with E-state index in [0.29, 0.717) is 0 Å². The molecule has 112 valence electrons. The van der Waals surface area contributed by atoms with Gasteiger partial charge in [-0.25, -0.2) is 0 Å². The van der Waals surface area contributed by atoms with Crippen LogP contribution in [0.25, 0.3) is 10.8 Å². The summed E-state index contributed by atoms with van der Waals surface area (Å²) in [6.45, 7) is 2.23. The molecule has 0 aliphatic rings. The summed E-state index contributed by atoms with van der Waals surface area (Å²) in [5.74, 6) is 0. The van der Waals surface area contributed by atoms with Gasteiger partial charge in [-0.3, -0.25) is 0 Å². The Kier molecular flexibility index (Phi) is 4.79. The maximum atomic E-state index is 4.53. The Bertz CT molecular complexity index is 735. The van der Waals surface area contributed by atoms with Gasteiger partial charge < -0.3 is 0 Å². The van der Waals surface area contributed by atoms with Gasteiger partial charge in [0.25, 0.3) is 0 Å². The summed E-state index contributed by atoms with van der Waals surface area (Å²) < 4.78 is 0. The van der Waals surface area contributed by atoms with Crippen molar-refractivity contribution in [3.63, 3.8) is 0 Å². The zero-order chi connectivity index (χ0) is 15.2. The monoisotopic (exact) mass is 290 g/mol. The van der Waals surface area contributed by atoms with Crippen molar-refractivity contribution in [3.05, 3.63) is 71.5 Å². The van der Waals surface area contributed by atoms with E-state index in [9.17, 15) is 0 Å². The first kappa shape index (κ1) is 14.7. The molecule has 2 nitrogen and oxygen atoms in total. The lowest BCUT2D eigenvalue weighted by atomic mass is 10.0. The van der Waals surface area contributed by atoms with E-state index in [4.69, 9.17) is 0 Å². The summed E-state index contributed by atoms with van der Waals surface area (Å²) >= 11 is 0. The topological polar surface area (TPSA) is 25.8 Å². The van der Waals surface area contributed by atoms with Crippen molar-refractivity contribution in [3.8, 4) is 0 Å². The maximum absolute atomic E-state index is 4.53. The molecule has 0 unspecified atom stereocenters. The van der Waals surface area contributed by atoms with Crippen molar-refractivity contribution in [2.45, 2.75) is 39.0 Å². The predicted molar refractivity (Wildman–Crippen MR) is 92.0 cm³/mol. The number of hydrogen-bond acceptors (Lipinski definition) is 2. The van der Waals surface area contributed by atoms with Crippen LogP contribution in [0, 0.1) is 0 Å². The SMILES string of the molecule is CCCCCc1nnc(Cc2ccccc2)c2ccccc12. The van der Waals surface area contributed by atoms with Crippen LogP contribution in [0.1, 0.15) is 43.1 Å². The smallest absolute Gasteiger partial charge is 0.0753 e.